The van der Waals surface area contributed by atoms with E-state index >= 15 is 0 Å². The predicted octanol–water partition coefficient (Wildman–Crippen LogP) is 4.29. The molecule has 0 aliphatic carbocycles. The van der Waals surface area contributed by atoms with Gasteiger partial charge in [0.25, 0.3) is 0 Å². The van der Waals surface area contributed by atoms with Gasteiger partial charge in [0.15, 0.2) is 0 Å². The number of hydrogen-bond acceptors (Lipinski definition) is 0. The molecule has 0 fully saturated rings. The first-order valence-corrected chi connectivity index (χ1v) is 4.39. The Morgan fingerprint density at radius 1 is 1.18 bits per heavy atom. The van der Waals surface area contributed by atoms with Crippen LogP contribution in [0, 0.1) is 0 Å². The average molecular weight is 210 g/mol. The highest BCUT2D eigenvalue weighted by atomic mass is 35.5. The fraction of sp³-hybridized carbons (Fsp3) is 0.250. The Morgan fingerprint density at radius 2 is 1.82 bits per heavy atom. The van der Waals surface area contributed by atoms with Gasteiger partial charge in [0, 0.05) is 0 Å². The molecule has 0 aromatic heterocycles. The maximum atomic E-state index is 5.83. The van der Waals surface area contributed by atoms with Gasteiger partial charge in [0.1, 0.15) is 0 Å². The van der Waals surface area contributed by atoms with Crippen LogP contribution >= 0.6 is 34.8 Å². The molecule has 1 rings (SSSR count). The first-order valence-electron chi connectivity index (χ1n) is 3.20. The van der Waals surface area contributed by atoms with Crippen molar-refractivity contribution in [2.24, 2.45) is 0 Å². The van der Waals surface area contributed by atoms with E-state index in [1.165, 1.54) is 0 Å². The molecule has 0 aliphatic heterocycles. The van der Waals surface area contributed by atoms with Gasteiger partial charge in [0.05, 0.1) is 15.4 Å². The number of benzene rings is 1. The average Bonchev–Trinajstić information content (AvgIpc) is 1.94. The smallest absolute Gasteiger partial charge is 0.0595 e. The third-order valence-corrected chi connectivity index (χ3v) is 2.39. The molecule has 0 saturated heterocycles. The molecule has 60 valence electrons. The third-order valence-electron chi connectivity index (χ3n) is 1.40. The van der Waals surface area contributed by atoms with Crippen molar-refractivity contribution >= 4 is 34.8 Å². The van der Waals surface area contributed by atoms with Gasteiger partial charge in [-0.1, -0.05) is 29.3 Å². The normalized spacial score (nSPS) is 13.1. The Labute approximate surface area is 81.1 Å². The second-order valence-corrected chi connectivity index (χ2v) is 3.76. The maximum absolute atomic E-state index is 5.83. The molecular weight excluding hydrogens is 202 g/mol. The van der Waals surface area contributed by atoms with Crippen LogP contribution < -0.4 is 0 Å². The molecule has 0 radical (unpaired) electrons. The minimum Gasteiger partial charge on any atom is -0.118 e. The number of rotatable bonds is 1. The van der Waals surface area contributed by atoms with Crippen molar-refractivity contribution in [1.82, 2.24) is 0 Å². The van der Waals surface area contributed by atoms with Gasteiger partial charge < -0.3 is 0 Å². The third kappa shape index (κ3) is 2.26. The molecule has 1 unspecified atom stereocenters. The lowest BCUT2D eigenvalue weighted by molar-refractivity contribution is 1.08. The monoisotopic (exact) mass is 208 g/mol. The predicted molar refractivity (Wildman–Crippen MR) is 50.7 cm³/mol. The molecule has 0 nitrogen and oxygen atoms in total. The summed E-state index contributed by atoms with van der Waals surface area (Å²) in [4.78, 5) is 0. The van der Waals surface area contributed by atoms with Crippen LogP contribution in [0.5, 0.6) is 0 Å². The van der Waals surface area contributed by atoms with Gasteiger partial charge in [0.2, 0.25) is 0 Å². The zero-order valence-electron chi connectivity index (χ0n) is 5.94. The highest BCUT2D eigenvalue weighted by Crippen LogP contribution is 2.27. The minimum absolute atomic E-state index is 0.0234. The molecule has 1 atom stereocenters. The van der Waals surface area contributed by atoms with E-state index in [1.54, 1.807) is 12.1 Å². The molecule has 0 amide bonds. The summed E-state index contributed by atoms with van der Waals surface area (Å²) in [5.74, 6) is 0. The molecule has 11 heavy (non-hydrogen) atoms. The molecule has 0 spiro atoms. The van der Waals surface area contributed by atoms with Gasteiger partial charge in [-0.05, 0) is 24.6 Å². The van der Waals surface area contributed by atoms with Gasteiger partial charge >= 0.3 is 0 Å². The molecule has 0 N–H and O–H groups in total. The second-order valence-electron chi connectivity index (χ2n) is 2.29. The van der Waals surface area contributed by atoms with E-state index in [9.17, 15) is 0 Å². The van der Waals surface area contributed by atoms with Crippen molar-refractivity contribution in [3.63, 3.8) is 0 Å². The zero-order valence-corrected chi connectivity index (χ0v) is 8.21. The fourth-order valence-corrected chi connectivity index (χ4v) is 1.20. The number of hydrogen-bond donors (Lipinski definition) is 0. The van der Waals surface area contributed by atoms with Crippen LogP contribution in [0.4, 0.5) is 0 Å². The maximum Gasteiger partial charge on any atom is 0.0595 e. The van der Waals surface area contributed by atoms with Crippen LogP contribution in [-0.2, 0) is 0 Å². The van der Waals surface area contributed by atoms with Crippen molar-refractivity contribution in [1.29, 1.82) is 0 Å². The molecule has 1 aromatic carbocycles. The summed E-state index contributed by atoms with van der Waals surface area (Å²) >= 11 is 17.3. The van der Waals surface area contributed by atoms with Gasteiger partial charge in [-0.25, -0.2) is 0 Å². The lowest BCUT2D eigenvalue weighted by Gasteiger charge is -2.03. The zero-order chi connectivity index (χ0) is 8.43. The number of alkyl halides is 1. The molecular formula is C8H7Cl3. The highest BCUT2D eigenvalue weighted by Gasteiger charge is 2.03. The number of halogens is 3. The summed E-state index contributed by atoms with van der Waals surface area (Å²) in [6, 6.07) is 5.39. The summed E-state index contributed by atoms with van der Waals surface area (Å²) in [5.41, 5.74) is 0.987. The molecule has 0 saturated carbocycles. The SMILES string of the molecule is CC(Cl)c1ccc(Cl)c(Cl)c1. The van der Waals surface area contributed by atoms with Gasteiger partial charge in [-0.3, -0.25) is 0 Å². The highest BCUT2D eigenvalue weighted by molar-refractivity contribution is 6.42. The summed E-state index contributed by atoms with van der Waals surface area (Å²) in [5, 5.41) is 1.09. The van der Waals surface area contributed by atoms with E-state index in [0.717, 1.165) is 5.56 Å². The topological polar surface area (TPSA) is 0 Å². The summed E-state index contributed by atoms with van der Waals surface area (Å²) < 4.78 is 0. The van der Waals surface area contributed by atoms with Gasteiger partial charge in [-0.2, -0.15) is 0 Å². The van der Waals surface area contributed by atoms with Crippen LogP contribution in [0.3, 0.4) is 0 Å². The Kier molecular flexibility index (Phi) is 3.06. The largest absolute Gasteiger partial charge is 0.118 e. The first kappa shape index (κ1) is 9.18. The first-order chi connectivity index (χ1) is 5.11. The van der Waals surface area contributed by atoms with Crippen LogP contribution in [0.1, 0.15) is 17.9 Å². The summed E-state index contributed by atoms with van der Waals surface area (Å²) in [6.45, 7) is 1.89. The van der Waals surface area contributed by atoms with E-state index in [1.807, 2.05) is 13.0 Å². The van der Waals surface area contributed by atoms with Gasteiger partial charge in [-0.15, -0.1) is 11.6 Å². The summed E-state index contributed by atoms with van der Waals surface area (Å²) in [7, 11) is 0. The second kappa shape index (κ2) is 3.66. The Morgan fingerprint density at radius 3 is 2.27 bits per heavy atom. The van der Waals surface area contributed by atoms with Crippen molar-refractivity contribution in [2.45, 2.75) is 12.3 Å². The molecule has 0 aliphatic rings. The molecule has 1 aromatic rings. The van der Waals surface area contributed by atoms with E-state index in [-0.39, 0.29) is 5.38 Å². The van der Waals surface area contributed by atoms with E-state index in [2.05, 4.69) is 0 Å². The molecule has 3 heteroatoms. The Hall–Kier alpha value is 0.0900. The fourth-order valence-electron chi connectivity index (χ4n) is 0.760. The Balaban J connectivity index is 3.05. The minimum atomic E-state index is -0.0234. The van der Waals surface area contributed by atoms with Crippen molar-refractivity contribution < 1.29 is 0 Å². The van der Waals surface area contributed by atoms with Crippen molar-refractivity contribution in [3.05, 3.63) is 33.8 Å². The van der Waals surface area contributed by atoms with Crippen LogP contribution in [0.25, 0.3) is 0 Å². The van der Waals surface area contributed by atoms with E-state index < -0.39 is 0 Å². The standard InChI is InChI=1S/C8H7Cl3/c1-5(9)6-2-3-7(10)8(11)4-6/h2-5H,1H3. The van der Waals surface area contributed by atoms with Crippen LogP contribution in [0.15, 0.2) is 18.2 Å². The van der Waals surface area contributed by atoms with E-state index in [0.29, 0.717) is 10.0 Å². The Bertz CT molecular complexity index is 256. The van der Waals surface area contributed by atoms with Crippen molar-refractivity contribution in [3.8, 4) is 0 Å². The summed E-state index contributed by atoms with van der Waals surface area (Å²) in [6.07, 6.45) is 0. The lowest BCUT2D eigenvalue weighted by Crippen LogP contribution is -1.83. The lowest BCUT2D eigenvalue weighted by atomic mass is 10.2. The van der Waals surface area contributed by atoms with E-state index in [4.69, 9.17) is 34.8 Å². The van der Waals surface area contributed by atoms with Crippen LogP contribution in [0.2, 0.25) is 10.0 Å². The molecule has 0 bridgehead atoms. The van der Waals surface area contributed by atoms with Crippen molar-refractivity contribution in [2.75, 3.05) is 0 Å². The van der Waals surface area contributed by atoms with Crippen LogP contribution in [-0.4, -0.2) is 0 Å². The molecule has 0 heterocycles. The quantitative estimate of drug-likeness (QED) is 0.605.